The third kappa shape index (κ3) is 3.78. The number of nitrogens with one attached hydrogen (secondary N) is 1. The minimum atomic E-state index is -0.950. The molecule has 1 amide bonds. The van der Waals surface area contributed by atoms with Crippen LogP contribution in [0.2, 0.25) is 10.3 Å². The van der Waals surface area contributed by atoms with Gasteiger partial charge in [0.1, 0.15) is 0 Å². The highest BCUT2D eigenvalue weighted by molar-refractivity contribution is 6.34. The lowest BCUT2D eigenvalue weighted by Gasteiger charge is -2.16. The monoisotopic (exact) mass is 303 g/mol. The Labute approximate surface area is 119 Å². The maximum atomic E-state index is 12.0. The van der Waals surface area contributed by atoms with Gasteiger partial charge in [0.15, 0.2) is 10.3 Å². The molecule has 0 aromatic carbocycles. The van der Waals surface area contributed by atoms with Gasteiger partial charge in [-0.15, -0.1) is 10.2 Å². The maximum absolute atomic E-state index is 12.0. The average Bonchev–Trinajstić information content (AvgIpc) is 3.14. The van der Waals surface area contributed by atoms with Crippen LogP contribution in [0.5, 0.6) is 0 Å². The third-order valence-corrected chi connectivity index (χ3v) is 3.33. The molecule has 1 aromatic rings. The normalized spacial score (nSPS) is 15.9. The van der Waals surface area contributed by atoms with Crippen molar-refractivity contribution < 1.29 is 14.7 Å². The molecule has 8 heteroatoms. The molecule has 19 heavy (non-hydrogen) atoms. The van der Waals surface area contributed by atoms with E-state index in [1.165, 1.54) is 6.07 Å². The zero-order valence-electron chi connectivity index (χ0n) is 9.77. The Bertz CT molecular complexity index is 520. The number of halogens is 2. The van der Waals surface area contributed by atoms with Gasteiger partial charge in [-0.3, -0.25) is 9.59 Å². The molecule has 102 valence electrons. The van der Waals surface area contributed by atoms with Crippen LogP contribution in [-0.4, -0.2) is 33.2 Å². The van der Waals surface area contributed by atoms with Crippen molar-refractivity contribution in [3.8, 4) is 0 Å². The second kappa shape index (κ2) is 5.71. The minimum absolute atomic E-state index is 0.0516. The van der Waals surface area contributed by atoms with Crippen molar-refractivity contribution in [2.75, 3.05) is 0 Å². The van der Waals surface area contributed by atoms with E-state index in [9.17, 15) is 9.59 Å². The summed E-state index contributed by atoms with van der Waals surface area (Å²) in [4.78, 5) is 22.8. The number of hydrogen-bond acceptors (Lipinski definition) is 4. The molecule has 1 aliphatic rings. The average molecular weight is 304 g/mol. The molecule has 0 aliphatic heterocycles. The van der Waals surface area contributed by atoms with E-state index in [-0.39, 0.29) is 28.2 Å². The summed E-state index contributed by atoms with van der Waals surface area (Å²) in [5.74, 6) is -1.22. The molecule has 6 nitrogen and oxygen atoms in total. The lowest BCUT2D eigenvalue weighted by atomic mass is 10.1. The first-order chi connectivity index (χ1) is 8.97. The standard InChI is InChI=1S/C11H11Cl2N3O3/c12-8-3-6(10(13)16-15-8)11(19)14-7(4-9(17)18)5-1-2-5/h3,5,7H,1-2,4H2,(H,14,19)(H,17,18). The summed E-state index contributed by atoms with van der Waals surface area (Å²) >= 11 is 11.4. The van der Waals surface area contributed by atoms with Crippen molar-refractivity contribution in [1.82, 2.24) is 15.5 Å². The molecule has 1 saturated carbocycles. The molecule has 2 N–H and O–H groups in total. The quantitative estimate of drug-likeness (QED) is 0.865. The number of rotatable bonds is 5. The topological polar surface area (TPSA) is 92.2 Å². The number of hydrogen-bond donors (Lipinski definition) is 2. The molecule has 0 bridgehead atoms. The van der Waals surface area contributed by atoms with Gasteiger partial charge in [-0.2, -0.15) is 0 Å². The van der Waals surface area contributed by atoms with Crippen LogP contribution < -0.4 is 5.32 Å². The number of carbonyl (C=O) groups excluding carboxylic acids is 1. The van der Waals surface area contributed by atoms with E-state index >= 15 is 0 Å². The summed E-state index contributed by atoms with van der Waals surface area (Å²) < 4.78 is 0. The third-order valence-electron chi connectivity index (χ3n) is 2.87. The number of aliphatic carboxylic acids is 1. The lowest BCUT2D eigenvalue weighted by molar-refractivity contribution is -0.137. The van der Waals surface area contributed by atoms with Crippen molar-refractivity contribution in [2.45, 2.75) is 25.3 Å². The van der Waals surface area contributed by atoms with Crippen molar-refractivity contribution in [3.63, 3.8) is 0 Å². The van der Waals surface area contributed by atoms with Crippen LogP contribution in [0.4, 0.5) is 0 Å². The maximum Gasteiger partial charge on any atom is 0.305 e. The second-order valence-electron chi connectivity index (χ2n) is 4.39. The molecule has 0 saturated heterocycles. The first-order valence-corrected chi connectivity index (χ1v) is 6.44. The zero-order chi connectivity index (χ0) is 14.0. The van der Waals surface area contributed by atoms with E-state index in [0.29, 0.717) is 0 Å². The molecule has 0 spiro atoms. The van der Waals surface area contributed by atoms with Gasteiger partial charge in [-0.1, -0.05) is 23.2 Å². The Morgan fingerprint density at radius 2 is 2.11 bits per heavy atom. The smallest absolute Gasteiger partial charge is 0.305 e. The Kier molecular flexibility index (Phi) is 4.21. The molecule has 1 heterocycles. The lowest BCUT2D eigenvalue weighted by Crippen LogP contribution is -2.38. The van der Waals surface area contributed by atoms with Crippen LogP contribution in [-0.2, 0) is 4.79 Å². The van der Waals surface area contributed by atoms with E-state index in [4.69, 9.17) is 28.3 Å². The van der Waals surface area contributed by atoms with Crippen LogP contribution in [0, 0.1) is 5.92 Å². The number of carbonyl (C=O) groups is 2. The van der Waals surface area contributed by atoms with E-state index in [1.807, 2.05) is 0 Å². The van der Waals surface area contributed by atoms with Gasteiger partial charge in [0.05, 0.1) is 12.0 Å². The summed E-state index contributed by atoms with van der Waals surface area (Å²) in [5, 5.41) is 18.5. The zero-order valence-corrected chi connectivity index (χ0v) is 11.3. The Balaban J connectivity index is 2.10. The highest BCUT2D eigenvalue weighted by Crippen LogP contribution is 2.34. The fourth-order valence-electron chi connectivity index (χ4n) is 1.78. The molecule has 1 aromatic heterocycles. The van der Waals surface area contributed by atoms with Crippen LogP contribution in [0.1, 0.15) is 29.6 Å². The van der Waals surface area contributed by atoms with E-state index in [2.05, 4.69) is 15.5 Å². The number of nitrogens with zero attached hydrogens (tertiary/aromatic N) is 2. The molecule has 1 unspecified atom stereocenters. The van der Waals surface area contributed by atoms with E-state index in [0.717, 1.165) is 12.8 Å². The summed E-state index contributed by atoms with van der Waals surface area (Å²) in [5.41, 5.74) is 0.0951. The van der Waals surface area contributed by atoms with Crippen molar-refractivity contribution in [2.24, 2.45) is 5.92 Å². The van der Waals surface area contributed by atoms with Gasteiger partial charge in [-0.25, -0.2) is 0 Å². The van der Waals surface area contributed by atoms with Crippen LogP contribution in [0.3, 0.4) is 0 Å². The molecule has 0 radical (unpaired) electrons. The number of carboxylic acid groups (broad SMARTS) is 1. The van der Waals surface area contributed by atoms with Crippen LogP contribution >= 0.6 is 23.2 Å². The first-order valence-electron chi connectivity index (χ1n) is 5.68. The highest BCUT2D eigenvalue weighted by atomic mass is 35.5. The summed E-state index contributed by atoms with van der Waals surface area (Å²) in [6.45, 7) is 0. The fraction of sp³-hybridized carbons (Fsp3) is 0.455. The van der Waals surface area contributed by atoms with Crippen molar-refractivity contribution in [1.29, 1.82) is 0 Å². The van der Waals surface area contributed by atoms with E-state index < -0.39 is 17.9 Å². The fourth-order valence-corrected chi connectivity index (χ4v) is 2.11. The van der Waals surface area contributed by atoms with Gasteiger partial charge >= 0.3 is 5.97 Å². The Hall–Kier alpha value is -1.40. The summed E-state index contributed by atoms with van der Waals surface area (Å²) in [7, 11) is 0. The molecular formula is C11H11Cl2N3O3. The second-order valence-corrected chi connectivity index (χ2v) is 5.13. The number of aromatic nitrogens is 2. The predicted octanol–water partition coefficient (Wildman–Crippen LogP) is 1.77. The summed E-state index contributed by atoms with van der Waals surface area (Å²) in [6.07, 6.45) is 1.73. The number of amides is 1. The van der Waals surface area contributed by atoms with Crippen molar-refractivity contribution >= 4 is 35.1 Å². The Morgan fingerprint density at radius 3 is 2.68 bits per heavy atom. The van der Waals surface area contributed by atoms with Gasteiger partial charge in [0.2, 0.25) is 0 Å². The molecule has 2 rings (SSSR count). The minimum Gasteiger partial charge on any atom is -0.481 e. The summed E-state index contributed by atoms with van der Waals surface area (Å²) in [6, 6.07) is 0.907. The van der Waals surface area contributed by atoms with E-state index in [1.54, 1.807) is 0 Å². The molecular weight excluding hydrogens is 293 g/mol. The van der Waals surface area contributed by atoms with Gasteiger partial charge in [0.25, 0.3) is 5.91 Å². The molecule has 1 fully saturated rings. The Morgan fingerprint density at radius 1 is 1.42 bits per heavy atom. The van der Waals surface area contributed by atoms with Gasteiger partial charge in [0, 0.05) is 6.04 Å². The first kappa shape index (κ1) is 14.0. The number of carboxylic acids is 1. The van der Waals surface area contributed by atoms with Crippen LogP contribution in [0.15, 0.2) is 6.07 Å². The van der Waals surface area contributed by atoms with Gasteiger partial charge in [-0.05, 0) is 24.8 Å². The largest absolute Gasteiger partial charge is 0.481 e. The van der Waals surface area contributed by atoms with Gasteiger partial charge < -0.3 is 10.4 Å². The van der Waals surface area contributed by atoms with Crippen LogP contribution in [0.25, 0.3) is 0 Å². The molecule has 1 aliphatic carbocycles. The predicted molar refractivity (Wildman–Crippen MR) is 68.3 cm³/mol. The SMILES string of the molecule is O=C(O)CC(NC(=O)c1cc(Cl)nnc1Cl)C1CC1. The highest BCUT2D eigenvalue weighted by Gasteiger charge is 2.34. The van der Waals surface area contributed by atoms with Crippen molar-refractivity contribution in [3.05, 3.63) is 21.9 Å². The molecule has 1 atom stereocenters.